The van der Waals surface area contributed by atoms with Crippen LogP contribution in [0.1, 0.15) is 88.7 Å². The van der Waals surface area contributed by atoms with E-state index in [1.807, 2.05) is 0 Å². The number of aryl methyl sites for hydroxylation is 1. The van der Waals surface area contributed by atoms with Gasteiger partial charge in [0.15, 0.2) is 0 Å². The zero-order chi connectivity index (χ0) is 15.7. The van der Waals surface area contributed by atoms with Crippen LogP contribution in [0.4, 0.5) is 0 Å². The molecule has 1 aliphatic carbocycles. The van der Waals surface area contributed by atoms with Crippen LogP contribution in [0.5, 0.6) is 0 Å². The summed E-state index contributed by atoms with van der Waals surface area (Å²) >= 11 is 5.89. The summed E-state index contributed by atoms with van der Waals surface area (Å²) in [5.74, 6) is 0.812. The zero-order valence-corrected chi connectivity index (χ0v) is 15.1. The van der Waals surface area contributed by atoms with E-state index in [2.05, 4.69) is 31.2 Å². The molecule has 1 aromatic carbocycles. The molecule has 1 aliphatic rings. The van der Waals surface area contributed by atoms with Crippen molar-refractivity contribution < 1.29 is 0 Å². The lowest BCUT2D eigenvalue weighted by atomic mass is 9.66. The second-order valence-corrected chi connectivity index (χ2v) is 7.52. The summed E-state index contributed by atoms with van der Waals surface area (Å²) in [5.41, 5.74) is 3.57. The molecule has 0 aliphatic heterocycles. The predicted molar refractivity (Wildman–Crippen MR) is 99.0 cm³/mol. The summed E-state index contributed by atoms with van der Waals surface area (Å²) in [6.07, 6.45) is 16.0. The van der Waals surface area contributed by atoms with Gasteiger partial charge in [0.1, 0.15) is 0 Å². The maximum absolute atomic E-state index is 5.89. The van der Waals surface area contributed by atoms with Gasteiger partial charge < -0.3 is 0 Å². The second-order valence-electron chi connectivity index (χ2n) is 7.14. The van der Waals surface area contributed by atoms with Gasteiger partial charge in [0, 0.05) is 5.88 Å². The van der Waals surface area contributed by atoms with Gasteiger partial charge in [0.05, 0.1) is 0 Å². The zero-order valence-electron chi connectivity index (χ0n) is 14.4. The molecule has 0 atom stereocenters. The Morgan fingerprint density at radius 1 is 0.909 bits per heavy atom. The normalized spacial score (nSPS) is 17.5. The Hall–Kier alpha value is -0.490. The van der Waals surface area contributed by atoms with Gasteiger partial charge in [-0.05, 0) is 55.1 Å². The molecule has 0 unspecified atom stereocenters. The van der Waals surface area contributed by atoms with Crippen LogP contribution >= 0.6 is 11.6 Å². The first-order valence-corrected chi connectivity index (χ1v) is 9.99. The van der Waals surface area contributed by atoms with Gasteiger partial charge in [0.2, 0.25) is 0 Å². The molecule has 1 aromatic rings. The van der Waals surface area contributed by atoms with Crippen LogP contribution in [0.3, 0.4) is 0 Å². The van der Waals surface area contributed by atoms with Gasteiger partial charge >= 0.3 is 0 Å². The van der Waals surface area contributed by atoms with Crippen molar-refractivity contribution >= 4 is 11.6 Å². The Morgan fingerprint density at radius 2 is 1.64 bits per heavy atom. The highest BCUT2D eigenvalue weighted by Gasteiger charge is 2.32. The molecule has 0 N–H and O–H groups in total. The molecule has 0 spiro atoms. The molecule has 0 heterocycles. The Morgan fingerprint density at radius 3 is 2.27 bits per heavy atom. The highest BCUT2D eigenvalue weighted by atomic mass is 35.5. The highest BCUT2D eigenvalue weighted by Crippen LogP contribution is 2.43. The molecule has 0 bridgehead atoms. The largest absolute Gasteiger partial charge is 0.127 e. The molecule has 0 amide bonds. The fourth-order valence-corrected chi connectivity index (χ4v) is 4.26. The second kappa shape index (κ2) is 9.60. The molecule has 0 saturated heterocycles. The van der Waals surface area contributed by atoms with Crippen LogP contribution in [-0.4, -0.2) is 5.88 Å². The van der Waals surface area contributed by atoms with Crippen LogP contribution in [0, 0.1) is 0 Å². The molecular formula is C21H33Cl. The van der Waals surface area contributed by atoms with Gasteiger partial charge in [0.25, 0.3) is 0 Å². The van der Waals surface area contributed by atoms with Gasteiger partial charge in [-0.25, -0.2) is 0 Å². The Bertz CT molecular complexity index is 400. The van der Waals surface area contributed by atoms with Crippen molar-refractivity contribution in [2.24, 2.45) is 0 Å². The first-order chi connectivity index (χ1) is 10.8. The Labute approximate surface area is 142 Å². The third kappa shape index (κ3) is 5.01. The Kier molecular flexibility index (Phi) is 7.80. The molecule has 1 heteroatoms. The van der Waals surface area contributed by atoms with E-state index in [1.54, 1.807) is 5.56 Å². The van der Waals surface area contributed by atoms with Crippen molar-refractivity contribution in [3.05, 3.63) is 35.4 Å². The van der Waals surface area contributed by atoms with Crippen LogP contribution in [0.25, 0.3) is 0 Å². The van der Waals surface area contributed by atoms with E-state index in [0.29, 0.717) is 5.41 Å². The van der Waals surface area contributed by atoms with E-state index in [0.717, 1.165) is 5.88 Å². The average molecular weight is 321 g/mol. The maximum Gasteiger partial charge on any atom is 0.0223 e. The summed E-state index contributed by atoms with van der Waals surface area (Å²) in [4.78, 5) is 0. The average Bonchev–Trinajstić information content (AvgIpc) is 2.57. The fourth-order valence-electron chi connectivity index (χ4n) is 4.07. The lowest BCUT2D eigenvalue weighted by Crippen LogP contribution is -2.29. The van der Waals surface area contributed by atoms with Crippen molar-refractivity contribution in [3.63, 3.8) is 0 Å². The van der Waals surface area contributed by atoms with Crippen LogP contribution < -0.4 is 0 Å². The lowest BCUT2D eigenvalue weighted by Gasteiger charge is -2.38. The molecule has 22 heavy (non-hydrogen) atoms. The summed E-state index contributed by atoms with van der Waals surface area (Å²) in [6.45, 7) is 2.27. The summed E-state index contributed by atoms with van der Waals surface area (Å²) in [7, 11) is 0. The molecular weight excluding hydrogens is 288 g/mol. The third-order valence-electron chi connectivity index (χ3n) is 5.48. The fraction of sp³-hybridized carbons (Fsp3) is 0.714. The smallest absolute Gasteiger partial charge is 0.0223 e. The van der Waals surface area contributed by atoms with Gasteiger partial charge in [-0.15, -0.1) is 11.6 Å². The minimum atomic E-state index is 0.451. The van der Waals surface area contributed by atoms with Crippen molar-refractivity contribution in [1.82, 2.24) is 0 Å². The third-order valence-corrected chi connectivity index (χ3v) is 5.75. The van der Waals surface area contributed by atoms with Crippen molar-refractivity contribution in [2.45, 2.75) is 89.4 Å². The number of unbranched alkanes of at least 4 members (excludes halogenated alkanes) is 3. The molecule has 0 aromatic heterocycles. The van der Waals surface area contributed by atoms with E-state index < -0.39 is 0 Å². The molecule has 0 nitrogen and oxygen atoms in total. The van der Waals surface area contributed by atoms with Gasteiger partial charge in [-0.1, -0.05) is 69.7 Å². The lowest BCUT2D eigenvalue weighted by molar-refractivity contribution is 0.267. The van der Waals surface area contributed by atoms with Crippen molar-refractivity contribution in [2.75, 3.05) is 5.88 Å². The molecule has 0 radical (unpaired) electrons. The van der Waals surface area contributed by atoms with Gasteiger partial charge in [-0.2, -0.15) is 0 Å². The maximum atomic E-state index is 5.89. The summed E-state index contributed by atoms with van der Waals surface area (Å²) in [6, 6.07) is 9.66. The molecule has 2 rings (SSSR count). The number of alkyl halides is 1. The SMILES string of the molecule is CCCCCc1ccc(C2(CCCCCl)CCCCC2)cc1. The highest BCUT2D eigenvalue weighted by molar-refractivity contribution is 6.17. The Balaban J connectivity index is 2.03. The topological polar surface area (TPSA) is 0 Å². The van der Waals surface area contributed by atoms with Gasteiger partial charge in [-0.3, -0.25) is 0 Å². The molecule has 1 saturated carbocycles. The summed E-state index contributed by atoms with van der Waals surface area (Å²) < 4.78 is 0. The van der Waals surface area contributed by atoms with Crippen molar-refractivity contribution in [1.29, 1.82) is 0 Å². The molecule has 1 fully saturated rings. The standard InChI is InChI=1S/C21H33Cl/c1-2-3-5-10-19-11-13-20(14-12-19)21(17-8-9-18-22)15-6-4-7-16-21/h11-14H,2-10,15-18H2,1H3. The van der Waals surface area contributed by atoms with E-state index >= 15 is 0 Å². The first-order valence-electron chi connectivity index (χ1n) is 9.46. The van der Waals surface area contributed by atoms with E-state index in [9.17, 15) is 0 Å². The van der Waals surface area contributed by atoms with Crippen molar-refractivity contribution in [3.8, 4) is 0 Å². The van der Waals surface area contributed by atoms with Crippen LogP contribution in [0.15, 0.2) is 24.3 Å². The number of hydrogen-bond donors (Lipinski definition) is 0. The summed E-state index contributed by atoms with van der Waals surface area (Å²) in [5, 5.41) is 0. The number of rotatable bonds is 9. The number of halogens is 1. The first kappa shape index (κ1) is 17.9. The van der Waals surface area contributed by atoms with E-state index in [1.165, 1.54) is 82.6 Å². The monoisotopic (exact) mass is 320 g/mol. The van der Waals surface area contributed by atoms with E-state index in [-0.39, 0.29) is 0 Å². The minimum absolute atomic E-state index is 0.451. The molecule has 124 valence electrons. The number of benzene rings is 1. The van der Waals surface area contributed by atoms with E-state index in [4.69, 9.17) is 11.6 Å². The quantitative estimate of drug-likeness (QED) is 0.338. The van der Waals surface area contributed by atoms with Crippen LogP contribution in [0.2, 0.25) is 0 Å². The predicted octanol–water partition coefficient (Wildman–Crippen LogP) is 7.03. The minimum Gasteiger partial charge on any atom is -0.127 e. The van der Waals surface area contributed by atoms with Crippen LogP contribution in [-0.2, 0) is 11.8 Å². The number of hydrogen-bond acceptors (Lipinski definition) is 0.